The maximum Gasteiger partial charge on any atom is 0.225 e. The highest BCUT2D eigenvalue weighted by molar-refractivity contribution is 8.03. The second-order valence-electron chi connectivity index (χ2n) is 3.43. The van der Waals surface area contributed by atoms with Gasteiger partial charge >= 0.3 is 0 Å². The van der Waals surface area contributed by atoms with Crippen molar-refractivity contribution in [3.63, 3.8) is 0 Å². The van der Waals surface area contributed by atoms with E-state index in [1.807, 2.05) is 13.8 Å². The summed E-state index contributed by atoms with van der Waals surface area (Å²) in [7, 11) is 0. The van der Waals surface area contributed by atoms with Crippen molar-refractivity contribution in [1.82, 2.24) is 5.32 Å². The molecule has 0 aromatic carbocycles. The number of hydrogen-bond donors (Lipinski definition) is 1. The summed E-state index contributed by atoms with van der Waals surface area (Å²) in [6.45, 7) is 5.91. The zero-order chi connectivity index (χ0) is 11.8. The summed E-state index contributed by atoms with van der Waals surface area (Å²) >= 11 is 12.9. The summed E-state index contributed by atoms with van der Waals surface area (Å²) in [4.78, 5) is 12.2. The van der Waals surface area contributed by atoms with Crippen molar-refractivity contribution in [3.8, 4) is 0 Å². The second-order valence-corrected chi connectivity index (χ2v) is 5.57. The van der Waals surface area contributed by atoms with E-state index in [4.69, 9.17) is 23.2 Å². The standard InChI is InChI=1S/C10H17Cl2NOS/c1-4-5-15-8(10(11)12)6-9(14)13-7(2)3/h7H,4-6H2,1-3H3,(H,13,14). The number of amides is 1. The Hall–Kier alpha value is 0.140. The summed E-state index contributed by atoms with van der Waals surface area (Å²) in [5.41, 5.74) is 0. The summed E-state index contributed by atoms with van der Waals surface area (Å²) in [6, 6.07) is 0.143. The molecule has 0 aliphatic rings. The molecule has 0 fully saturated rings. The highest BCUT2D eigenvalue weighted by Crippen LogP contribution is 2.28. The van der Waals surface area contributed by atoms with E-state index in [0.717, 1.165) is 17.1 Å². The van der Waals surface area contributed by atoms with Crippen LogP contribution in [0.2, 0.25) is 0 Å². The molecule has 0 heterocycles. The number of thioether (sulfide) groups is 1. The van der Waals surface area contributed by atoms with Gasteiger partial charge in [-0.05, 0) is 26.0 Å². The molecule has 88 valence electrons. The van der Waals surface area contributed by atoms with Crippen molar-refractivity contribution in [2.24, 2.45) is 0 Å². The molecular formula is C10H17Cl2NOS. The van der Waals surface area contributed by atoms with Crippen LogP contribution in [0.4, 0.5) is 0 Å². The first-order valence-corrected chi connectivity index (χ1v) is 6.67. The quantitative estimate of drug-likeness (QED) is 0.797. The number of rotatable bonds is 6. The number of nitrogens with one attached hydrogen (secondary N) is 1. The van der Waals surface area contributed by atoms with E-state index in [-0.39, 0.29) is 22.9 Å². The lowest BCUT2D eigenvalue weighted by molar-refractivity contribution is -0.120. The molecular weight excluding hydrogens is 253 g/mol. The molecule has 15 heavy (non-hydrogen) atoms. The van der Waals surface area contributed by atoms with E-state index in [1.54, 1.807) is 0 Å². The van der Waals surface area contributed by atoms with Gasteiger partial charge in [0, 0.05) is 10.9 Å². The van der Waals surface area contributed by atoms with E-state index in [1.165, 1.54) is 11.8 Å². The molecule has 0 unspecified atom stereocenters. The fraction of sp³-hybridized carbons (Fsp3) is 0.700. The van der Waals surface area contributed by atoms with Crippen molar-refractivity contribution in [3.05, 3.63) is 9.40 Å². The fourth-order valence-electron chi connectivity index (χ4n) is 0.916. The number of hydrogen-bond acceptors (Lipinski definition) is 2. The summed E-state index contributed by atoms with van der Waals surface area (Å²) < 4.78 is 0.201. The third-order valence-corrected chi connectivity index (χ3v) is 3.45. The van der Waals surface area contributed by atoms with E-state index in [2.05, 4.69) is 12.2 Å². The normalized spacial score (nSPS) is 10.3. The van der Waals surface area contributed by atoms with Gasteiger partial charge in [-0.1, -0.05) is 30.1 Å². The molecule has 0 bridgehead atoms. The number of halogens is 2. The molecule has 0 aromatic heterocycles. The monoisotopic (exact) mass is 269 g/mol. The molecule has 0 atom stereocenters. The number of carbonyl (C=O) groups excluding carboxylic acids is 1. The molecule has 5 heteroatoms. The fourth-order valence-corrected chi connectivity index (χ4v) is 2.17. The summed E-state index contributed by atoms with van der Waals surface area (Å²) in [6.07, 6.45) is 1.30. The molecule has 1 amide bonds. The van der Waals surface area contributed by atoms with Gasteiger partial charge in [-0.2, -0.15) is 0 Å². The average molecular weight is 270 g/mol. The minimum Gasteiger partial charge on any atom is -0.354 e. The van der Waals surface area contributed by atoms with Gasteiger partial charge in [-0.3, -0.25) is 4.79 Å². The molecule has 0 rings (SSSR count). The first kappa shape index (κ1) is 15.1. The zero-order valence-electron chi connectivity index (χ0n) is 9.27. The van der Waals surface area contributed by atoms with Gasteiger partial charge in [0.1, 0.15) is 4.49 Å². The van der Waals surface area contributed by atoms with E-state index < -0.39 is 0 Å². The van der Waals surface area contributed by atoms with Crippen molar-refractivity contribution in [1.29, 1.82) is 0 Å². The lowest BCUT2D eigenvalue weighted by Gasteiger charge is -2.10. The summed E-state index contributed by atoms with van der Waals surface area (Å²) in [5, 5.41) is 2.80. The number of carbonyl (C=O) groups is 1. The molecule has 0 aromatic rings. The Morgan fingerprint density at radius 1 is 1.40 bits per heavy atom. The summed E-state index contributed by atoms with van der Waals surface area (Å²) in [5.74, 6) is 0.884. The van der Waals surface area contributed by atoms with Gasteiger partial charge in [0.15, 0.2) is 0 Å². The Morgan fingerprint density at radius 2 is 2.00 bits per heavy atom. The lowest BCUT2D eigenvalue weighted by Crippen LogP contribution is -2.30. The molecule has 1 N–H and O–H groups in total. The maximum absolute atomic E-state index is 11.5. The smallest absolute Gasteiger partial charge is 0.225 e. The van der Waals surface area contributed by atoms with Crippen LogP contribution < -0.4 is 5.32 Å². The Labute approximate surface area is 106 Å². The highest BCUT2D eigenvalue weighted by atomic mass is 35.5. The van der Waals surface area contributed by atoms with Crippen LogP contribution in [-0.4, -0.2) is 17.7 Å². The topological polar surface area (TPSA) is 29.1 Å². The van der Waals surface area contributed by atoms with Crippen molar-refractivity contribution in [2.45, 2.75) is 39.7 Å². The predicted octanol–water partition coefficient (Wildman–Crippen LogP) is 3.69. The van der Waals surface area contributed by atoms with E-state index in [9.17, 15) is 4.79 Å². The van der Waals surface area contributed by atoms with Crippen LogP contribution in [0, 0.1) is 0 Å². The van der Waals surface area contributed by atoms with Crippen LogP contribution in [0.1, 0.15) is 33.6 Å². The van der Waals surface area contributed by atoms with Gasteiger partial charge in [0.2, 0.25) is 5.91 Å². The van der Waals surface area contributed by atoms with E-state index >= 15 is 0 Å². The third kappa shape index (κ3) is 8.00. The first-order valence-electron chi connectivity index (χ1n) is 4.93. The predicted molar refractivity (Wildman–Crippen MR) is 69.4 cm³/mol. The van der Waals surface area contributed by atoms with Crippen LogP contribution in [-0.2, 0) is 4.79 Å². The Bertz CT molecular complexity index is 238. The van der Waals surface area contributed by atoms with E-state index in [0.29, 0.717) is 0 Å². The zero-order valence-corrected chi connectivity index (χ0v) is 11.6. The SMILES string of the molecule is CCCSC(CC(=O)NC(C)C)=C(Cl)Cl. The van der Waals surface area contributed by atoms with Crippen molar-refractivity contribution in [2.75, 3.05) is 5.75 Å². The Kier molecular flexibility index (Phi) is 8.39. The Balaban J connectivity index is 4.19. The molecule has 0 aliphatic heterocycles. The van der Waals surface area contributed by atoms with Crippen molar-refractivity contribution >= 4 is 40.9 Å². The molecule has 2 nitrogen and oxygen atoms in total. The van der Waals surface area contributed by atoms with Crippen LogP contribution in [0.5, 0.6) is 0 Å². The second kappa shape index (κ2) is 8.31. The van der Waals surface area contributed by atoms with Crippen LogP contribution in [0.3, 0.4) is 0 Å². The molecule has 0 saturated carbocycles. The molecule has 0 spiro atoms. The van der Waals surface area contributed by atoms with Gasteiger partial charge < -0.3 is 5.32 Å². The van der Waals surface area contributed by atoms with Crippen LogP contribution in [0.15, 0.2) is 9.40 Å². The van der Waals surface area contributed by atoms with Crippen LogP contribution >= 0.6 is 35.0 Å². The lowest BCUT2D eigenvalue weighted by atomic mass is 10.3. The van der Waals surface area contributed by atoms with Gasteiger partial charge in [0.25, 0.3) is 0 Å². The van der Waals surface area contributed by atoms with Gasteiger partial charge in [-0.15, -0.1) is 11.8 Å². The average Bonchev–Trinajstić information content (AvgIpc) is 2.10. The van der Waals surface area contributed by atoms with Crippen LogP contribution in [0.25, 0.3) is 0 Å². The Morgan fingerprint density at radius 3 is 2.40 bits per heavy atom. The van der Waals surface area contributed by atoms with Gasteiger partial charge in [0.05, 0.1) is 6.42 Å². The largest absolute Gasteiger partial charge is 0.354 e. The highest BCUT2D eigenvalue weighted by Gasteiger charge is 2.10. The first-order chi connectivity index (χ1) is 6.97. The minimum atomic E-state index is -0.0394. The molecule has 0 saturated heterocycles. The minimum absolute atomic E-state index is 0.0394. The van der Waals surface area contributed by atoms with Crippen molar-refractivity contribution < 1.29 is 4.79 Å². The maximum atomic E-state index is 11.5. The molecule has 0 aliphatic carbocycles. The third-order valence-electron chi connectivity index (χ3n) is 1.46. The molecule has 0 radical (unpaired) electrons. The van der Waals surface area contributed by atoms with Gasteiger partial charge in [-0.25, -0.2) is 0 Å².